The number of ether oxygens (including phenoxy) is 3. The number of nitrogens with one attached hydrogen (secondary N) is 1. The zero-order valence-electron chi connectivity index (χ0n) is 16.9. The molecule has 4 heterocycles. The average Bonchev–Trinajstić information content (AvgIpc) is 2.83. The third kappa shape index (κ3) is 3.99. The molecule has 1 N–H and O–H groups in total. The highest BCUT2D eigenvalue weighted by molar-refractivity contribution is 5.77. The van der Waals surface area contributed by atoms with Gasteiger partial charge in [-0.3, -0.25) is 9.55 Å². The molecule has 1 saturated heterocycles. The molecule has 0 radical (unpaired) electrons. The van der Waals surface area contributed by atoms with Crippen LogP contribution >= 0.6 is 0 Å². The second-order valence-corrected chi connectivity index (χ2v) is 7.53. The van der Waals surface area contributed by atoms with Gasteiger partial charge in [0.25, 0.3) is 0 Å². The SMILES string of the molecule is N=Cc1ccc(-c2ccc3c(c2)CCn2c-3cc(OCC3COCCO3)nc2=O)cn1. The van der Waals surface area contributed by atoms with Crippen LogP contribution in [0.4, 0.5) is 0 Å². The van der Waals surface area contributed by atoms with Crippen LogP contribution < -0.4 is 10.4 Å². The van der Waals surface area contributed by atoms with Gasteiger partial charge in [0.15, 0.2) is 0 Å². The summed E-state index contributed by atoms with van der Waals surface area (Å²) in [6, 6.07) is 11.8. The van der Waals surface area contributed by atoms with Crippen molar-refractivity contribution in [3.63, 3.8) is 0 Å². The third-order valence-corrected chi connectivity index (χ3v) is 5.54. The van der Waals surface area contributed by atoms with Crippen molar-refractivity contribution in [2.75, 3.05) is 26.4 Å². The van der Waals surface area contributed by atoms with Gasteiger partial charge in [-0.2, -0.15) is 4.98 Å². The van der Waals surface area contributed by atoms with Crippen LogP contribution in [0.2, 0.25) is 0 Å². The van der Waals surface area contributed by atoms with Gasteiger partial charge < -0.3 is 19.6 Å². The third-order valence-electron chi connectivity index (χ3n) is 5.54. The van der Waals surface area contributed by atoms with Gasteiger partial charge in [-0.05, 0) is 23.6 Å². The number of nitrogens with zero attached hydrogens (tertiary/aromatic N) is 3. The summed E-state index contributed by atoms with van der Waals surface area (Å²) in [6.07, 6.45) is 3.59. The fourth-order valence-corrected chi connectivity index (χ4v) is 3.93. The van der Waals surface area contributed by atoms with Gasteiger partial charge in [0, 0.05) is 36.1 Å². The van der Waals surface area contributed by atoms with Crippen LogP contribution in [-0.4, -0.2) is 53.3 Å². The first-order valence-corrected chi connectivity index (χ1v) is 10.3. The molecule has 0 spiro atoms. The Kier molecular flexibility index (Phi) is 5.31. The topological polar surface area (TPSA) is 99.3 Å². The van der Waals surface area contributed by atoms with Gasteiger partial charge >= 0.3 is 5.69 Å². The molecule has 2 aromatic heterocycles. The van der Waals surface area contributed by atoms with Gasteiger partial charge in [0.1, 0.15) is 12.7 Å². The molecule has 8 heteroatoms. The number of fused-ring (bicyclic) bond motifs is 3. The number of aromatic nitrogens is 3. The highest BCUT2D eigenvalue weighted by atomic mass is 16.6. The molecular formula is C23H22N4O4. The highest BCUT2D eigenvalue weighted by Crippen LogP contribution is 2.33. The molecule has 2 aliphatic heterocycles. The Bertz CT molecular complexity index is 1170. The number of benzene rings is 1. The first-order valence-electron chi connectivity index (χ1n) is 10.3. The smallest absolute Gasteiger partial charge is 0.351 e. The summed E-state index contributed by atoms with van der Waals surface area (Å²) < 4.78 is 18.4. The van der Waals surface area contributed by atoms with Crippen molar-refractivity contribution in [1.29, 1.82) is 5.41 Å². The molecule has 158 valence electrons. The lowest BCUT2D eigenvalue weighted by Gasteiger charge is -2.24. The van der Waals surface area contributed by atoms with Crippen LogP contribution in [0, 0.1) is 5.41 Å². The molecule has 2 aliphatic rings. The molecule has 31 heavy (non-hydrogen) atoms. The summed E-state index contributed by atoms with van der Waals surface area (Å²) in [7, 11) is 0. The normalized spacial score (nSPS) is 17.5. The Balaban J connectivity index is 1.43. The maximum atomic E-state index is 12.6. The van der Waals surface area contributed by atoms with Crippen LogP contribution in [0.3, 0.4) is 0 Å². The largest absolute Gasteiger partial charge is 0.475 e. The molecule has 0 aliphatic carbocycles. The minimum absolute atomic E-state index is 0.156. The molecule has 5 rings (SSSR count). The fraction of sp³-hybridized carbons (Fsp3) is 0.304. The van der Waals surface area contributed by atoms with Crippen molar-refractivity contribution in [2.45, 2.75) is 19.1 Å². The van der Waals surface area contributed by atoms with Crippen molar-refractivity contribution in [2.24, 2.45) is 0 Å². The van der Waals surface area contributed by atoms with Crippen LogP contribution in [0.15, 0.2) is 47.4 Å². The molecule has 3 aromatic rings. The first-order chi connectivity index (χ1) is 15.2. The molecule has 1 fully saturated rings. The monoisotopic (exact) mass is 418 g/mol. The van der Waals surface area contributed by atoms with E-state index in [4.69, 9.17) is 19.6 Å². The van der Waals surface area contributed by atoms with Crippen LogP contribution in [0.1, 0.15) is 11.3 Å². The minimum Gasteiger partial charge on any atom is -0.475 e. The summed E-state index contributed by atoms with van der Waals surface area (Å²) in [4.78, 5) is 20.9. The summed E-state index contributed by atoms with van der Waals surface area (Å²) in [6.45, 7) is 2.48. The Labute approximate surface area is 179 Å². The van der Waals surface area contributed by atoms with Crippen molar-refractivity contribution in [3.05, 3.63) is 64.3 Å². The van der Waals surface area contributed by atoms with E-state index in [0.29, 0.717) is 44.5 Å². The zero-order valence-corrected chi connectivity index (χ0v) is 16.9. The number of aryl methyl sites for hydroxylation is 1. The standard InChI is InChI=1S/C23H22N4O4/c24-11-18-3-1-17(12-25-18)15-2-4-20-16(9-15)5-6-27-21(20)10-22(26-23(27)28)31-14-19-13-29-7-8-30-19/h1-4,9-12,19,24H,5-8,13-14H2. The Morgan fingerprint density at radius 1 is 1.19 bits per heavy atom. The van der Waals surface area contributed by atoms with E-state index in [1.54, 1.807) is 10.8 Å². The van der Waals surface area contributed by atoms with Crippen LogP contribution in [0.5, 0.6) is 5.88 Å². The van der Waals surface area contributed by atoms with Gasteiger partial charge in [0.05, 0.1) is 31.2 Å². The van der Waals surface area contributed by atoms with Crippen molar-refractivity contribution < 1.29 is 14.2 Å². The quantitative estimate of drug-likeness (QED) is 0.639. The highest BCUT2D eigenvalue weighted by Gasteiger charge is 2.21. The fourth-order valence-electron chi connectivity index (χ4n) is 3.93. The average molecular weight is 418 g/mol. The zero-order chi connectivity index (χ0) is 21.2. The van der Waals surface area contributed by atoms with E-state index >= 15 is 0 Å². The molecule has 1 unspecified atom stereocenters. The van der Waals surface area contributed by atoms with E-state index < -0.39 is 0 Å². The summed E-state index contributed by atoms with van der Waals surface area (Å²) in [5.41, 5.74) is 5.33. The van der Waals surface area contributed by atoms with Gasteiger partial charge in [-0.1, -0.05) is 24.3 Å². The van der Waals surface area contributed by atoms with Crippen LogP contribution in [-0.2, 0) is 22.4 Å². The van der Waals surface area contributed by atoms with Crippen molar-refractivity contribution in [1.82, 2.24) is 14.5 Å². The van der Waals surface area contributed by atoms with Gasteiger partial charge in [-0.15, -0.1) is 0 Å². The van der Waals surface area contributed by atoms with E-state index in [-0.39, 0.29) is 11.8 Å². The van der Waals surface area contributed by atoms with E-state index in [1.165, 1.54) is 6.21 Å². The molecule has 0 saturated carbocycles. The lowest BCUT2D eigenvalue weighted by molar-refractivity contribution is -0.102. The maximum Gasteiger partial charge on any atom is 0.351 e. The number of pyridine rings is 1. The Morgan fingerprint density at radius 2 is 2.10 bits per heavy atom. The predicted octanol–water partition coefficient (Wildman–Crippen LogP) is 2.32. The van der Waals surface area contributed by atoms with Gasteiger partial charge in [0.2, 0.25) is 5.88 Å². The lowest BCUT2D eigenvalue weighted by Crippen LogP contribution is -2.34. The second kappa shape index (κ2) is 8.41. The van der Waals surface area contributed by atoms with E-state index in [2.05, 4.69) is 16.0 Å². The Morgan fingerprint density at radius 3 is 2.87 bits per heavy atom. The number of hydrogen-bond donors (Lipinski definition) is 1. The maximum absolute atomic E-state index is 12.6. The van der Waals surface area contributed by atoms with E-state index in [1.807, 2.05) is 30.3 Å². The van der Waals surface area contributed by atoms with Crippen LogP contribution in [0.25, 0.3) is 22.4 Å². The molecule has 0 amide bonds. The minimum atomic E-state index is -0.311. The number of hydrogen-bond acceptors (Lipinski definition) is 7. The molecule has 0 bridgehead atoms. The van der Waals surface area contributed by atoms with Crippen molar-refractivity contribution >= 4 is 6.21 Å². The summed E-state index contributed by atoms with van der Waals surface area (Å²) >= 11 is 0. The summed E-state index contributed by atoms with van der Waals surface area (Å²) in [5.74, 6) is 0.300. The van der Waals surface area contributed by atoms with Gasteiger partial charge in [-0.25, -0.2) is 4.79 Å². The Hall–Kier alpha value is -3.36. The predicted molar refractivity (Wildman–Crippen MR) is 115 cm³/mol. The molecule has 1 atom stereocenters. The molecule has 8 nitrogen and oxygen atoms in total. The first kappa shape index (κ1) is 19.6. The lowest BCUT2D eigenvalue weighted by atomic mass is 9.93. The van der Waals surface area contributed by atoms with Crippen molar-refractivity contribution in [3.8, 4) is 28.3 Å². The van der Waals surface area contributed by atoms with E-state index in [9.17, 15) is 4.79 Å². The summed E-state index contributed by atoms with van der Waals surface area (Å²) in [5, 5.41) is 7.29. The molecular weight excluding hydrogens is 396 g/mol. The number of rotatable bonds is 5. The molecule has 1 aromatic carbocycles. The van der Waals surface area contributed by atoms with E-state index in [0.717, 1.165) is 34.4 Å². The second-order valence-electron chi connectivity index (χ2n) is 7.53.